The third kappa shape index (κ3) is 11.4. The van der Waals surface area contributed by atoms with E-state index in [1.165, 1.54) is 0 Å². The van der Waals surface area contributed by atoms with E-state index in [0.717, 1.165) is 0 Å². The lowest BCUT2D eigenvalue weighted by Gasteiger charge is -1.74. The molecule has 0 aromatic rings. The van der Waals surface area contributed by atoms with Gasteiger partial charge in [0.2, 0.25) is 0 Å². The molecule has 1 nitrogen and oxygen atoms in total. The van der Waals surface area contributed by atoms with Crippen LogP contribution < -0.4 is 0 Å². The van der Waals surface area contributed by atoms with Crippen LogP contribution in [0.4, 0.5) is 0 Å². The van der Waals surface area contributed by atoms with Gasteiger partial charge < -0.3 is 4.55 Å². The molecule has 0 N–H and O–H groups in total. The number of hydrogen-bond donors (Lipinski definition) is 0. The molecule has 0 aliphatic heterocycles. The van der Waals surface area contributed by atoms with E-state index >= 15 is 0 Å². The molecule has 1 atom stereocenters. The average Bonchev–Trinajstić information content (AvgIpc) is 0.811. The zero-order chi connectivity index (χ0) is 3.58. The van der Waals surface area contributed by atoms with Crippen molar-refractivity contribution in [3.05, 3.63) is 0 Å². The monoisotopic (exact) mass is 162 g/mol. The van der Waals surface area contributed by atoms with Crippen LogP contribution in [0.1, 0.15) is 0 Å². The molecule has 0 heterocycles. The van der Waals surface area contributed by atoms with Gasteiger partial charge in [0.05, 0.1) is 0 Å². The summed E-state index contributed by atoms with van der Waals surface area (Å²) in [7, 11) is 3.34. The summed E-state index contributed by atoms with van der Waals surface area (Å²) in [6.07, 6.45) is 0. The van der Waals surface area contributed by atoms with E-state index < -0.39 is 8.82 Å². The smallest absolute Gasteiger partial charge is 0.254 e. The highest BCUT2D eigenvalue weighted by atomic mass is 79.9. The molecule has 0 fully saturated rings. The first-order valence-corrected chi connectivity index (χ1v) is 4.29. The zero-order valence-corrected chi connectivity index (χ0v) is 4.73. The Morgan fingerprint density at radius 2 is 2.00 bits per heavy atom. The largest absolute Gasteiger partial charge is 0.589 e. The van der Waals surface area contributed by atoms with E-state index in [4.69, 9.17) is 0 Å². The minimum atomic E-state index is -1.33. The molecule has 0 aromatic carbocycles. The first kappa shape index (κ1) is 5.08. The number of halogens is 2. The van der Waals surface area contributed by atoms with Crippen LogP contribution in [-0.4, -0.2) is 4.55 Å². The second kappa shape index (κ2) is 2.33. The molecule has 0 spiro atoms. The summed E-state index contributed by atoms with van der Waals surface area (Å²) in [6.45, 7) is 0. The molecule has 0 saturated heterocycles. The standard InChI is InChI=1S/BrClOS/c1-4(2)3. The predicted molar refractivity (Wildman–Crippen MR) is 22.9 cm³/mol. The van der Waals surface area contributed by atoms with E-state index in [2.05, 4.69) is 25.5 Å². The van der Waals surface area contributed by atoms with Crippen molar-refractivity contribution in [3.63, 3.8) is 0 Å². The summed E-state index contributed by atoms with van der Waals surface area (Å²) in [5, 5.41) is 0. The lowest BCUT2D eigenvalue weighted by Crippen LogP contribution is -1.62. The molecule has 4 heteroatoms. The van der Waals surface area contributed by atoms with Gasteiger partial charge in [0.1, 0.15) is 8.82 Å². The normalized spacial score (nSPS) is 15.8. The summed E-state index contributed by atoms with van der Waals surface area (Å²) in [4.78, 5) is 0. The van der Waals surface area contributed by atoms with Crippen LogP contribution in [-0.2, 0) is 8.82 Å². The van der Waals surface area contributed by atoms with Crippen molar-refractivity contribution in [3.8, 4) is 0 Å². The van der Waals surface area contributed by atoms with Gasteiger partial charge in [0.25, 0.3) is 14.8 Å². The van der Waals surface area contributed by atoms with Crippen molar-refractivity contribution in [1.29, 1.82) is 0 Å². The Morgan fingerprint density at radius 3 is 2.00 bits per heavy atom. The Balaban J connectivity index is 2.32. The maximum Gasteiger partial charge on any atom is 0.254 e. The van der Waals surface area contributed by atoms with Crippen molar-refractivity contribution < 1.29 is 4.55 Å². The maximum atomic E-state index is 9.24. The van der Waals surface area contributed by atoms with Crippen molar-refractivity contribution in [2.75, 3.05) is 0 Å². The highest BCUT2D eigenvalue weighted by Gasteiger charge is 1.82. The molecule has 0 radical (unpaired) electrons. The van der Waals surface area contributed by atoms with E-state index in [0.29, 0.717) is 0 Å². The topological polar surface area (TPSA) is 23.1 Å². The minimum Gasteiger partial charge on any atom is -0.589 e. The average molecular weight is 163 g/mol. The van der Waals surface area contributed by atoms with Crippen molar-refractivity contribution in [2.24, 2.45) is 0 Å². The molecule has 26 valence electrons. The lowest BCUT2D eigenvalue weighted by molar-refractivity contribution is 0.622. The van der Waals surface area contributed by atoms with Gasteiger partial charge in [0.15, 0.2) is 10.7 Å². The van der Waals surface area contributed by atoms with Gasteiger partial charge in [-0.3, -0.25) is 0 Å². The van der Waals surface area contributed by atoms with Crippen molar-refractivity contribution >= 4 is 34.3 Å². The first-order valence-electron chi connectivity index (χ1n) is 0.475. The fourth-order valence-electron chi connectivity index (χ4n) is 0. The van der Waals surface area contributed by atoms with E-state index in [9.17, 15) is 4.55 Å². The summed E-state index contributed by atoms with van der Waals surface area (Å²) in [5.74, 6) is 0. The molecule has 0 bridgehead atoms. The Morgan fingerprint density at radius 1 is 2.00 bits per heavy atom. The minimum absolute atomic E-state index is 1.33. The number of rotatable bonds is 0. The summed E-state index contributed by atoms with van der Waals surface area (Å²) in [6, 6.07) is 0. The van der Waals surface area contributed by atoms with Gasteiger partial charge in [-0.05, 0) is 0 Å². The van der Waals surface area contributed by atoms with E-state index in [-0.39, 0.29) is 0 Å². The fraction of sp³-hybridized carbons (Fsp3) is 0. The molecule has 1 unspecified atom stereocenters. The van der Waals surface area contributed by atoms with Gasteiger partial charge >= 0.3 is 0 Å². The molecule has 0 rings (SSSR count). The Hall–Kier alpha value is 1.08. The second-order valence-corrected chi connectivity index (χ2v) is 4.28. The van der Waals surface area contributed by atoms with Crippen LogP contribution in [0.5, 0.6) is 0 Å². The third-order valence-electron chi connectivity index (χ3n) is 0. The molecule has 0 aromatic heterocycles. The summed E-state index contributed by atoms with van der Waals surface area (Å²) < 4.78 is 9.24. The maximum absolute atomic E-state index is 9.24. The molecule has 0 aliphatic carbocycles. The second-order valence-electron chi connectivity index (χ2n) is 0.184. The third-order valence-corrected chi connectivity index (χ3v) is 0. The Bertz CT molecular complexity index is 12.8. The van der Waals surface area contributed by atoms with Crippen molar-refractivity contribution in [2.45, 2.75) is 0 Å². The molecular formula is BrClOS. The molecular weight excluding hydrogens is 163 g/mol. The van der Waals surface area contributed by atoms with Crippen LogP contribution in [0, 0.1) is 0 Å². The van der Waals surface area contributed by atoms with Gasteiger partial charge in [-0.15, -0.1) is 0 Å². The van der Waals surface area contributed by atoms with Crippen LogP contribution in [0.3, 0.4) is 0 Å². The van der Waals surface area contributed by atoms with Gasteiger partial charge in [-0.25, -0.2) is 0 Å². The fourth-order valence-corrected chi connectivity index (χ4v) is 0. The van der Waals surface area contributed by atoms with E-state index in [1.807, 2.05) is 0 Å². The Labute approximate surface area is 39.2 Å². The highest BCUT2D eigenvalue weighted by Crippen LogP contribution is 2.02. The first-order chi connectivity index (χ1) is 1.73. The van der Waals surface area contributed by atoms with Crippen LogP contribution in [0.2, 0.25) is 0 Å². The number of hydrogen-bond acceptors (Lipinski definition) is 1. The Kier molecular flexibility index (Phi) is 2.95. The van der Waals surface area contributed by atoms with Crippen LogP contribution in [0.15, 0.2) is 0 Å². The van der Waals surface area contributed by atoms with Gasteiger partial charge in [-0.2, -0.15) is 0 Å². The highest BCUT2D eigenvalue weighted by molar-refractivity contribution is 9.50. The zero-order valence-electron chi connectivity index (χ0n) is 1.57. The van der Waals surface area contributed by atoms with Crippen molar-refractivity contribution in [1.82, 2.24) is 0 Å². The predicted octanol–water partition coefficient (Wildman–Crippen LogP) is 1.20. The van der Waals surface area contributed by atoms with Crippen LogP contribution in [0.25, 0.3) is 0 Å². The summed E-state index contributed by atoms with van der Waals surface area (Å²) >= 11 is 2.51. The lowest BCUT2D eigenvalue weighted by atomic mass is 15.9. The molecule has 0 saturated carbocycles. The SMILES string of the molecule is [O-][S+](Cl)Br. The van der Waals surface area contributed by atoms with E-state index in [1.54, 1.807) is 0 Å². The summed E-state index contributed by atoms with van der Waals surface area (Å²) in [5.41, 5.74) is 0. The quantitative estimate of drug-likeness (QED) is 0.492. The van der Waals surface area contributed by atoms with Gasteiger partial charge in [-0.1, -0.05) is 0 Å². The molecule has 0 aliphatic rings. The molecule has 4 heavy (non-hydrogen) atoms. The molecule has 0 amide bonds. The van der Waals surface area contributed by atoms with Gasteiger partial charge in [0, 0.05) is 0 Å². The van der Waals surface area contributed by atoms with Crippen LogP contribution >= 0.6 is 25.5 Å².